The normalized spacial score (nSPS) is 10.3. The minimum absolute atomic E-state index is 0.489. The first-order valence-corrected chi connectivity index (χ1v) is 7.55. The van der Waals surface area contributed by atoms with Crippen LogP contribution < -0.4 is 9.47 Å². The highest BCUT2D eigenvalue weighted by atomic mass is 127. The van der Waals surface area contributed by atoms with Gasteiger partial charge in [-0.2, -0.15) is 0 Å². The van der Waals surface area contributed by atoms with E-state index in [1.807, 2.05) is 37.3 Å². The summed E-state index contributed by atoms with van der Waals surface area (Å²) >= 11 is 5.63. The predicted octanol–water partition coefficient (Wildman–Crippen LogP) is 4.34. The monoisotopic (exact) mass is 433 g/mol. The van der Waals surface area contributed by atoms with E-state index in [2.05, 4.69) is 43.5 Å². The average Bonchev–Trinajstić information content (AvgIpc) is 2.41. The molecule has 2 rings (SSSR count). The smallest absolute Gasteiger partial charge is 0.228 e. The van der Waals surface area contributed by atoms with Crippen molar-refractivity contribution >= 4 is 38.5 Å². The molecule has 0 aliphatic heterocycles. The second kappa shape index (κ2) is 6.56. The number of methoxy groups -OCH3 is 1. The Kier molecular flexibility index (Phi) is 5.04. The van der Waals surface area contributed by atoms with Crippen LogP contribution in [0.25, 0.3) is 0 Å². The SMILES string of the molecule is COc1ccc(COc2nc(Br)cc(C)c2I)cc1. The summed E-state index contributed by atoms with van der Waals surface area (Å²) in [6.45, 7) is 2.53. The molecule has 0 unspecified atom stereocenters. The number of halogens is 2. The Morgan fingerprint density at radius 2 is 1.95 bits per heavy atom. The van der Waals surface area contributed by atoms with E-state index in [0.717, 1.165) is 25.0 Å². The second-order valence-electron chi connectivity index (χ2n) is 4.02. The van der Waals surface area contributed by atoms with Crippen molar-refractivity contribution in [2.24, 2.45) is 0 Å². The van der Waals surface area contributed by atoms with Crippen LogP contribution in [0.15, 0.2) is 34.9 Å². The number of nitrogens with zero attached hydrogens (tertiary/aromatic N) is 1. The largest absolute Gasteiger partial charge is 0.497 e. The van der Waals surface area contributed by atoms with Gasteiger partial charge >= 0.3 is 0 Å². The molecule has 0 aliphatic rings. The summed E-state index contributed by atoms with van der Waals surface area (Å²) in [5, 5.41) is 0. The van der Waals surface area contributed by atoms with E-state index >= 15 is 0 Å². The Morgan fingerprint density at radius 1 is 1.26 bits per heavy atom. The highest BCUT2D eigenvalue weighted by Gasteiger charge is 2.08. The molecule has 2 aromatic rings. The Hall–Kier alpha value is -0.820. The van der Waals surface area contributed by atoms with Crippen LogP contribution in [0.3, 0.4) is 0 Å². The van der Waals surface area contributed by atoms with Crippen molar-refractivity contribution in [3.05, 3.63) is 49.6 Å². The molecule has 3 nitrogen and oxygen atoms in total. The summed E-state index contributed by atoms with van der Waals surface area (Å²) in [4.78, 5) is 4.34. The summed E-state index contributed by atoms with van der Waals surface area (Å²) < 4.78 is 12.7. The molecule has 0 saturated heterocycles. The van der Waals surface area contributed by atoms with Gasteiger partial charge in [0.2, 0.25) is 5.88 Å². The van der Waals surface area contributed by atoms with Crippen molar-refractivity contribution in [1.29, 1.82) is 0 Å². The third kappa shape index (κ3) is 3.82. The molecular weight excluding hydrogens is 421 g/mol. The molecule has 0 amide bonds. The van der Waals surface area contributed by atoms with Gasteiger partial charge in [0.1, 0.15) is 17.0 Å². The summed E-state index contributed by atoms with van der Waals surface area (Å²) in [5.74, 6) is 1.50. The second-order valence-corrected chi connectivity index (χ2v) is 5.91. The lowest BCUT2D eigenvalue weighted by Gasteiger charge is -2.10. The zero-order valence-electron chi connectivity index (χ0n) is 10.6. The molecule has 0 fully saturated rings. The van der Waals surface area contributed by atoms with Crippen LogP contribution in [-0.2, 0) is 6.61 Å². The van der Waals surface area contributed by atoms with Crippen LogP contribution in [0, 0.1) is 10.5 Å². The Morgan fingerprint density at radius 3 is 2.58 bits per heavy atom. The summed E-state index contributed by atoms with van der Waals surface area (Å²) in [7, 11) is 1.65. The Balaban J connectivity index is 2.09. The Bertz CT molecular complexity index is 572. The number of pyridine rings is 1. The topological polar surface area (TPSA) is 31.4 Å². The number of ether oxygens (including phenoxy) is 2. The van der Waals surface area contributed by atoms with Gasteiger partial charge in [0.05, 0.1) is 10.7 Å². The summed E-state index contributed by atoms with van der Waals surface area (Å²) in [6.07, 6.45) is 0. The highest BCUT2D eigenvalue weighted by molar-refractivity contribution is 14.1. The lowest BCUT2D eigenvalue weighted by Crippen LogP contribution is -2.00. The molecule has 0 saturated carbocycles. The standard InChI is InChI=1S/C14H13BrINO2/c1-9-7-12(15)17-14(13(9)16)19-8-10-3-5-11(18-2)6-4-10/h3-7H,8H2,1-2H3. The fraction of sp³-hybridized carbons (Fsp3) is 0.214. The number of hydrogen-bond acceptors (Lipinski definition) is 3. The number of aryl methyl sites for hydroxylation is 1. The van der Waals surface area contributed by atoms with E-state index < -0.39 is 0 Å². The Labute approximate surface area is 134 Å². The van der Waals surface area contributed by atoms with Crippen molar-refractivity contribution in [2.75, 3.05) is 7.11 Å². The van der Waals surface area contributed by atoms with E-state index in [1.165, 1.54) is 0 Å². The van der Waals surface area contributed by atoms with Crippen molar-refractivity contribution in [3.8, 4) is 11.6 Å². The quantitative estimate of drug-likeness (QED) is 0.530. The molecule has 0 bridgehead atoms. The van der Waals surface area contributed by atoms with Gasteiger partial charge in [0.15, 0.2) is 0 Å². The molecular formula is C14H13BrINO2. The summed E-state index contributed by atoms with van der Waals surface area (Å²) in [6, 6.07) is 9.78. The van der Waals surface area contributed by atoms with Gasteiger partial charge in [0, 0.05) is 0 Å². The van der Waals surface area contributed by atoms with Crippen molar-refractivity contribution in [2.45, 2.75) is 13.5 Å². The molecule has 0 radical (unpaired) electrons. The van der Waals surface area contributed by atoms with E-state index in [-0.39, 0.29) is 0 Å². The number of benzene rings is 1. The molecule has 19 heavy (non-hydrogen) atoms. The predicted molar refractivity (Wildman–Crippen MR) is 86.7 cm³/mol. The van der Waals surface area contributed by atoms with Gasteiger partial charge in [-0.25, -0.2) is 4.98 Å². The maximum atomic E-state index is 5.77. The molecule has 0 spiro atoms. The van der Waals surface area contributed by atoms with E-state index in [0.29, 0.717) is 12.5 Å². The van der Waals surface area contributed by atoms with Crippen molar-refractivity contribution in [3.63, 3.8) is 0 Å². The van der Waals surface area contributed by atoms with Gasteiger partial charge in [-0.05, 0) is 74.8 Å². The van der Waals surface area contributed by atoms with Crippen LogP contribution in [0.5, 0.6) is 11.6 Å². The van der Waals surface area contributed by atoms with Gasteiger partial charge in [-0.3, -0.25) is 0 Å². The van der Waals surface area contributed by atoms with Crippen molar-refractivity contribution < 1.29 is 9.47 Å². The first-order chi connectivity index (χ1) is 9.10. The molecule has 1 heterocycles. The van der Waals surface area contributed by atoms with E-state index in [4.69, 9.17) is 9.47 Å². The lowest BCUT2D eigenvalue weighted by molar-refractivity contribution is 0.290. The number of rotatable bonds is 4. The fourth-order valence-electron chi connectivity index (χ4n) is 1.56. The molecule has 0 atom stereocenters. The lowest BCUT2D eigenvalue weighted by atomic mass is 10.2. The van der Waals surface area contributed by atoms with Crippen LogP contribution >= 0.6 is 38.5 Å². The third-order valence-corrected chi connectivity index (χ3v) is 4.33. The van der Waals surface area contributed by atoms with Crippen LogP contribution in [-0.4, -0.2) is 12.1 Å². The summed E-state index contributed by atoms with van der Waals surface area (Å²) in [5.41, 5.74) is 2.23. The molecule has 5 heteroatoms. The molecule has 0 N–H and O–H groups in total. The van der Waals surface area contributed by atoms with Crippen LogP contribution in [0.2, 0.25) is 0 Å². The molecule has 1 aromatic heterocycles. The molecule has 1 aromatic carbocycles. The van der Waals surface area contributed by atoms with Gasteiger partial charge < -0.3 is 9.47 Å². The molecule has 100 valence electrons. The zero-order valence-corrected chi connectivity index (χ0v) is 14.4. The van der Waals surface area contributed by atoms with E-state index in [1.54, 1.807) is 7.11 Å². The number of hydrogen-bond donors (Lipinski definition) is 0. The average molecular weight is 434 g/mol. The van der Waals surface area contributed by atoms with Crippen LogP contribution in [0.1, 0.15) is 11.1 Å². The van der Waals surface area contributed by atoms with Gasteiger partial charge in [-0.15, -0.1) is 0 Å². The first kappa shape index (κ1) is 14.6. The minimum Gasteiger partial charge on any atom is -0.497 e. The fourth-order valence-corrected chi connectivity index (χ4v) is 2.49. The minimum atomic E-state index is 0.489. The highest BCUT2D eigenvalue weighted by Crippen LogP contribution is 2.26. The zero-order chi connectivity index (χ0) is 13.8. The third-order valence-electron chi connectivity index (χ3n) is 2.61. The van der Waals surface area contributed by atoms with E-state index in [9.17, 15) is 0 Å². The number of aromatic nitrogens is 1. The van der Waals surface area contributed by atoms with Gasteiger partial charge in [0.25, 0.3) is 0 Å². The maximum Gasteiger partial charge on any atom is 0.228 e. The molecule has 0 aliphatic carbocycles. The van der Waals surface area contributed by atoms with Crippen molar-refractivity contribution in [1.82, 2.24) is 4.98 Å². The van der Waals surface area contributed by atoms with Crippen LogP contribution in [0.4, 0.5) is 0 Å². The van der Waals surface area contributed by atoms with Gasteiger partial charge in [-0.1, -0.05) is 12.1 Å². The maximum absolute atomic E-state index is 5.77. The first-order valence-electron chi connectivity index (χ1n) is 5.68.